The van der Waals surface area contributed by atoms with Crippen molar-refractivity contribution in [3.8, 4) is 0 Å². The first-order chi connectivity index (χ1) is 13.7. The number of aryl methyl sites for hydroxylation is 1. The largest absolute Gasteiger partial charge is 0.368 e. The molecule has 2 aromatic rings. The predicted octanol–water partition coefficient (Wildman–Crippen LogP) is 3.24. The Hall–Kier alpha value is -2.02. The Morgan fingerprint density at radius 2 is 1.89 bits per heavy atom. The highest BCUT2D eigenvalue weighted by molar-refractivity contribution is 7.99. The standard InChI is InChI=1S/C21H27N5OS/c1-15-3-2-4-18(13-15)24-9-11-25(12-10-24)19(27)14-28-21-23-22-20(16-5-6-16)26(21)17-7-8-17/h2-4,13,16-17H,5-12,14H2,1H3. The molecule has 148 valence electrons. The highest BCUT2D eigenvalue weighted by atomic mass is 32.2. The number of rotatable bonds is 6. The molecule has 1 aromatic carbocycles. The lowest BCUT2D eigenvalue weighted by molar-refractivity contribution is -0.128. The second-order valence-corrected chi connectivity index (χ2v) is 9.15. The molecule has 0 bridgehead atoms. The Labute approximate surface area is 170 Å². The zero-order valence-electron chi connectivity index (χ0n) is 16.4. The van der Waals surface area contributed by atoms with E-state index < -0.39 is 0 Å². The van der Waals surface area contributed by atoms with E-state index in [9.17, 15) is 4.79 Å². The van der Waals surface area contributed by atoms with Crippen molar-refractivity contribution in [1.82, 2.24) is 19.7 Å². The quantitative estimate of drug-likeness (QED) is 0.701. The van der Waals surface area contributed by atoms with Gasteiger partial charge < -0.3 is 14.4 Å². The van der Waals surface area contributed by atoms with E-state index in [-0.39, 0.29) is 5.91 Å². The van der Waals surface area contributed by atoms with Crippen LogP contribution in [0.1, 0.15) is 49.0 Å². The molecule has 1 aliphatic heterocycles. The molecule has 7 heteroatoms. The molecule has 0 N–H and O–H groups in total. The summed E-state index contributed by atoms with van der Waals surface area (Å²) in [6, 6.07) is 9.17. The van der Waals surface area contributed by atoms with Gasteiger partial charge in [0.15, 0.2) is 5.16 Å². The van der Waals surface area contributed by atoms with E-state index in [1.807, 2.05) is 4.90 Å². The van der Waals surface area contributed by atoms with Crippen molar-refractivity contribution in [2.45, 2.75) is 49.7 Å². The molecule has 6 nitrogen and oxygen atoms in total. The van der Waals surface area contributed by atoms with Crippen molar-refractivity contribution in [2.24, 2.45) is 0 Å². The van der Waals surface area contributed by atoms with Crippen molar-refractivity contribution < 1.29 is 4.79 Å². The number of carbonyl (C=O) groups excluding carboxylic acids is 1. The average Bonchev–Trinajstić information content (AvgIpc) is 3.65. The summed E-state index contributed by atoms with van der Waals surface area (Å²) in [6.07, 6.45) is 4.92. The molecule has 0 atom stereocenters. The van der Waals surface area contributed by atoms with E-state index >= 15 is 0 Å². The molecule has 0 radical (unpaired) electrons. The molecule has 2 saturated carbocycles. The molecule has 1 aromatic heterocycles. The first-order valence-electron chi connectivity index (χ1n) is 10.4. The van der Waals surface area contributed by atoms with Gasteiger partial charge in [0, 0.05) is 43.8 Å². The smallest absolute Gasteiger partial charge is 0.233 e. The molecule has 28 heavy (non-hydrogen) atoms. The van der Waals surface area contributed by atoms with Crippen molar-refractivity contribution >= 4 is 23.4 Å². The zero-order valence-corrected chi connectivity index (χ0v) is 17.2. The van der Waals surface area contributed by atoms with Crippen molar-refractivity contribution in [3.63, 3.8) is 0 Å². The first kappa shape index (κ1) is 18.0. The number of carbonyl (C=O) groups is 1. The predicted molar refractivity (Wildman–Crippen MR) is 111 cm³/mol. The number of hydrogen-bond donors (Lipinski definition) is 0. The Morgan fingerprint density at radius 1 is 1.11 bits per heavy atom. The molecule has 5 rings (SSSR count). The third-order valence-electron chi connectivity index (χ3n) is 5.87. The molecule has 1 amide bonds. The minimum absolute atomic E-state index is 0.215. The maximum absolute atomic E-state index is 12.7. The fourth-order valence-corrected chi connectivity index (χ4v) is 4.85. The number of nitrogens with zero attached hydrogens (tertiary/aromatic N) is 5. The maximum atomic E-state index is 12.7. The maximum Gasteiger partial charge on any atom is 0.233 e. The van der Waals surface area contributed by atoms with Crippen LogP contribution in [0.5, 0.6) is 0 Å². The normalized spacial score (nSPS) is 19.9. The lowest BCUT2D eigenvalue weighted by atomic mass is 10.2. The first-order valence-corrected chi connectivity index (χ1v) is 11.3. The summed E-state index contributed by atoms with van der Waals surface area (Å²) in [7, 11) is 0. The van der Waals surface area contributed by atoms with Gasteiger partial charge in [-0.25, -0.2) is 0 Å². The molecule has 2 aliphatic carbocycles. The van der Waals surface area contributed by atoms with Gasteiger partial charge in [-0.2, -0.15) is 0 Å². The lowest BCUT2D eigenvalue weighted by Crippen LogP contribution is -2.49. The third kappa shape index (κ3) is 3.77. The van der Waals surface area contributed by atoms with E-state index in [1.165, 1.54) is 36.9 Å². The van der Waals surface area contributed by atoms with E-state index in [1.54, 1.807) is 11.8 Å². The van der Waals surface area contributed by atoms with Gasteiger partial charge in [0.1, 0.15) is 5.82 Å². The van der Waals surface area contributed by atoms with Crippen molar-refractivity contribution in [2.75, 3.05) is 36.8 Å². The summed E-state index contributed by atoms with van der Waals surface area (Å²) in [4.78, 5) is 17.1. The van der Waals surface area contributed by atoms with Gasteiger partial charge >= 0.3 is 0 Å². The van der Waals surface area contributed by atoms with Gasteiger partial charge in [0.25, 0.3) is 0 Å². The molecular weight excluding hydrogens is 370 g/mol. The molecule has 3 aliphatic rings. The highest BCUT2D eigenvalue weighted by Crippen LogP contribution is 2.46. The SMILES string of the molecule is Cc1cccc(N2CCN(C(=O)CSc3nnc(C4CC4)n3C3CC3)CC2)c1. The second-order valence-electron chi connectivity index (χ2n) is 8.21. The number of aromatic nitrogens is 3. The van der Waals surface area contributed by atoms with Gasteiger partial charge in [0.05, 0.1) is 5.75 Å². The van der Waals surface area contributed by atoms with Gasteiger partial charge in [-0.05, 0) is 50.3 Å². The van der Waals surface area contributed by atoms with Crippen LogP contribution in [-0.4, -0.2) is 57.5 Å². The summed E-state index contributed by atoms with van der Waals surface area (Å²) in [6.45, 7) is 5.48. The number of thioether (sulfide) groups is 1. The minimum Gasteiger partial charge on any atom is -0.368 e. The average molecular weight is 398 g/mol. The van der Waals surface area contributed by atoms with E-state index in [0.717, 1.165) is 37.2 Å². The Balaban J connectivity index is 1.16. The molecule has 2 heterocycles. The highest BCUT2D eigenvalue weighted by Gasteiger charge is 2.36. The second kappa shape index (κ2) is 7.43. The number of piperazine rings is 1. The fourth-order valence-electron chi connectivity index (χ4n) is 3.94. The molecule has 0 spiro atoms. The van der Waals surface area contributed by atoms with Crippen LogP contribution in [0.4, 0.5) is 5.69 Å². The number of anilines is 1. The lowest BCUT2D eigenvalue weighted by Gasteiger charge is -2.36. The Bertz CT molecular complexity index is 865. The van der Waals surface area contributed by atoms with Crippen molar-refractivity contribution in [3.05, 3.63) is 35.7 Å². The van der Waals surface area contributed by atoms with E-state index in [0.29, 0.717) is 17.7 Å². The summed E-state index contributed by atoms with van der Waals surface area (Å²) in [5, 5.41) is 9.79. The monoisotopic (exact) mass is 397 g/mol. The molecule has 0 unspecified atom stereocenters. The van der Waals surface area contributed by atoms with Gasteiger partial charge in [-0.15, -0.1) is 10.2 Å². The van der Waals surface area contributed by atoms with Crippen LogP contribution in [0.15, 0.2) is 29.4 Å². The summed E-state index contributed by atoms with van der Waals surface area (Å²) in [5.41, 5.74) is 2.53. The van der Waals surface area contributed by atoms with Crippen LogP contribution in [0.25, 0.3) is 0 Å². The summed E-state index contributed by atoms with van der Waals surface area (Å²) < 4.78 is 2.32. The Morgan fingerprint density at radius 3 is 2.57 bits per heavy atom. The van der Waals surface area contributed by atoms with Crippen LogP contribution in [0, 0.1) is 6.92 Å². The van der Waals surface area contributed by atoms with Crippen LogP contribution in [0.3, 0.4) is 0 Å². The van der Waals surface area contributed by atoms with Gasteiger partial charge in [0.2, 0.25) is 5.91 Å². The summed E-state index contributed by atoms with van der Waals surface area (Å²) in [5.74, 6) is 2.43. The van der Waals surface area contributed by atoms with Crippen LogP contribution >= 0.6 is 11.8 Å². The van der Waals surface area contributed by atoms with E-state index in [4.69, 9.17) is 0 Å². The molecule has 1 saturated heterocycles. The number of benzene rings is 1. The number of hydrogen-bond acceptors (Lipinski definition) is 5. The van der Waals surface area contributed by atoms with Crippen LogP contribution in [0.2, 0.25) is 0 Å². The molecular formula is C21H27N5OS. The van der Waals surface area contributed by atoms with Crippen LogP contribution < -0.4 is 4.90 Å². The topological polar surface area (TPSA) is 54.3 Å². The van der Waals surface area contributed by atoms with Gasteiger partial charge in [-0.3, -0.25) is 4.79 Å². The molecule has 3 fully saturated rings. The third-order valence-corrected chi connectivity index (χ3v) is 6.80. The van der Waals surface area contributed by atoms with E-state index in [2.05, 4.69) is 50.9 Å². The van der Waals surface area contributed by atoms with Crippen molar-refractivity contribution in [1.29, 1.82) is 0 Å². The van der Waals surface area contributed by atoms with Gasteiger partial charge in [-0.1, -0.05) is 23.9 Å². The number of amides is 1. The zero-order chi connectivity index (χ0) is 19.1. The summed E-state index contributed by atoms with van der Waals surface area (Å²) >= 11 is 1.57. The van der Waals surface area contributed by atoms with Crippen LogP contribution in [-0.2, 0) is 4.79 Å². The Kier molecular flexibility index (Phi) is 4.78. The minimum atomic E-state index is 0.215. The fraction of sp³-hybridized carbons (Fsp3) is 0.571.